The third-order valence-electron chi connectivity index (χ3n) is 5.37. The summed E-state index contributed by atoms with van der Waals surface area (Å²) in [5.74, 6) is 0.170. The molecule has 1 aliphatic rings. The Labute approximate surface area is 160 Å². The molecule has 1 fully saturated rings. The molecule has 1 aromatic carbocycles. The number of rotatable bonds is 6. The number of carbonyl (C=O) groups excluding carboxylic acids is 1. The summed E-state index contributed by atoms with van der Waals surface area (Å²) < 4.78 is 0. The van der Waals surface area contributed by atoms with Gasteiger partial charge in [-0.1, -0.05) is 13.3 Å². The Hall–Kier alpha value is -1.55. The Kier molecular flexibility index (Phi) is 7.51. The monoisotopic (exact) mass is 359 g/mol. The Balaban J connectivity index is 2.01. The van der Waals surface area contributed by atoms with Crippen molar-refractivity contribution in [3.63, 3.8) is 0 Å². The molecule has 0 radical (unpaired) electrons. The van der Waals surface area contributed by atoms with Gasteiger partial charge in [0.2, 0.25) is 0 Å². The van der Waals surface area contributed by atoms with Crippen LogP contribution in [-0.4, -0.2) is 60.5 Å². The summed E-state index contributed by atoms with van der Waals surface area (Å²) in [6.07, 6.45) is 3.45. The lowest BCUT2D eigenvalue weighted by atomic mass is 10.1. The van der Waals surface area contributed by atoms with E-state index in [-0.39, 0.29) is 11.4 Å². The van der Waals surface area contributed by atoms with Crippen LogP contribution in [0.2, 0.25) is 0 Å². The normalized spacial score (nSPS) is 16.4. The quantitative estimate of drug-likeness (QED) is 0.759. The maximum Gasteiger partial charge on any atom is 0.253 e. The first-order valence-electron chi connectivity index (χ1n) is 10.3. The largest absolute Gasteiger partial charge is 0.372 e. The molecule has 0 unspecified atom stereocenters. The minimum atomic E-state index is 0.169. The van der Waals surface area contributed by atoms with Gasteiger partial charge < -0.3 is 9.80 Å². The highest BCUT2D eigenvalue weighted by Crippen LogP contribution is 2.19. The standard InChI is InChI=1S/C22H37N3O/c1-6-8-14-23(7-2)20-12-10-19(11-13-20)21(26)24-15-9-16-25(18-17-24)22(3,4)5/h10-13H,6-9,14-18H2,1-5H3. The third-order valence-corrected chi connectivity index (χ3v) is 5.37. The van der Waals surface area contributed by atoms with Gasteiger partial charge in [0.05, 0.1) is 0 Å². The predicted molar refractivity (Wildman–Crippen MR) is 111 cm³/mol. The van der Waals surface area contributed by atoms with Gasteiger partial charge in [-0.15, -0.1) is 0 Å². The highest BCUT2D eigenvalue weighted by Gasteiger charge is 2.26. The molecule has 26 heavy (non-hydrogen) atoms. The molecule has 1 aromatic rings. The van der Waals surface area contributed by atoms with E-state index in [4.69, 9.17) is 0 Å². The van der Waals surface area contributed by atoms with Crippen molar-refractivity contribution in [2.45, 2.75) is 59.4 Å². The van der Waals surface area contributed by atoms with Crippen molar-refractivity contribution >= 4 is 11.6 Å². The summed E-state index contributed by atoms with van der Waals surface area (Å²) in [7, 11) is 0. The van der Waals surface area contributed by atoms with Crippen molar-refractivity contribution in [2.24, 2.45) is 0 Å². The maximum atomic E-state index is 12.9. The van der Waals surface area contributed by atoms with Crippen LogP contribution in [0.4, 0.5) is 5.69 Å². The van der Waals surface area contributed by atoms with Gasteiger partial charge >= 0.3 is 0 Å². The van der Waals surface area contributed by atoms with Gasteiger partial charge in [-0.3, -0.25) is 9.69 Å². The van der Waals surface area contributed by atoms with Gasteiger partial charge in [0, 0.05) is 56.1 Å². The zero-order chi connectivity index (χ0) is 19.2. The van der Waals surface area contributed by atoms with E-state index in [0.717, 1.165) is 51.3 Å². The third kappa shape index (κ3) is 5.47. The van der Waals surface area contributed by atoms with Crippen LogP contribution >= 0.6 is 0 Å². The SMILES string of the molecule is CCCCN(CC)c1ccc(C(=O)N2CCCN(C(C)(C)C)CC2)cc1. The Morgan fingerprint density at radius 2 is 1.73 bits per heavy atom. The van der Waals surface area contributed by atoms with Crippen LogP contribution in [-0.2, 0) is 0 Å². The highest BCUT2D eigenvalue weighted by atomic mass is 16.2. The molecule has 0 spiro atoms. The molecule has 0 aliphatic carbocycles. The minimum absolute atomic E-state index is 0.169. The number of hydrogen-bond donors (Lipinski definition) is 0. The molecule has 2 rings (SSSR count). The van der Waals surface area contributed by atoms with Crippen LogP contribution in [0.3, 0.4) is 0 Å². The van der Waals surface area contributed by atoms with Gasteiger partial charge in [-0.2, -0.15) is 0 Å². The number of nitrogens with zero attached hydrogens (tertiary/aromatic N) is 3. The topological polar surface area (TPSA) is 26.8 Å². The molecule has 4 heteroatoms. The molecule has 1 heterocycles. The fraction of sp³-hybridized carbons (Fsp3) is 0.682. The van der Waals surface area contributed by atoms with Crippen LogP contribution in [0, 0.1) is 0 Å². The molecule has 0 atom stereocenters. The summed E-state index contributed by atoms with van der Waals surface area (Å²) in [6.45, 7) is 16.9. The Morgan fingerprint density at radius 3 is 2.31 bits per heavy atom. The van der Waals surface area contributed by atoms with E-state index >= 15 is 0 Å². The molecular formula is C22H37N3O. The average Bonchev–Trinajstić information content (AvgIpc) is 2.88. The maximum absolute atomic E-state index is 12.9. The van der Waals surface area contributed by atoms with Gasteiger partial charge in [0.15, 0.2) is 0 Å². The van der Waals surface area contributed by atoms with Gasteiger partial charge in [-0.25, -0.2) is 0 Å². The van der Waals surface area contributed by atoms with E-state index in [1.807, 2.05) is 17.0 Å². The molecule has 0 aromatic heterocycles. The van der Waals surface area contributed by atoms with Gasteiger partial charge in [0.25, 0.3) is 5.91 Å². The molecule has 0 bridgehead atoms. The average molecular weight is 360 g/mol. The van der Waals surface area contributed by atoms with Crippen molar-refractivity contribution in [1.29, 1.82) is 0 Å². The van der Waals surface area contributed by atoms with E-state index in [9.17, 15) is 4.79 Å². The summed E-state index contributed by atoms with van der Waals surface area (Å²) in [6, 6.07) is 8.20. The van der Waals surface area contributed by atoms with Crippen molar-refractivity contribution in [1.82, 2.24) is 9.80 Å². The van der Waals surface area contributed by atoms with Crippen LogP contribution in [0.1, 0.15) is 64.2 Å². The summed E-state index contributed by atoms with van der Waals surface area (Å²) in [4.78, 5) is 19.8. The van der Waals surface area contributed by atoms with Crippen LogP contribution in [0.15, 0.2) is 24.3 Å². The zero-order valence-electron chi connectivity index (χ0n) is 17.4. The van der Waals surface area contributed by atoms with Gasteiger partial charge in [-0.05, 0) is 64.8 Å². The van der Waals surface area contributed by atoms with Crippen LogP contribution < -0.4 is 4.90 Å². The van der Waals surface area contributed by atoms with Gasteiger partial charge in [0.1, 0.15) is 0 Å². The zero-order valence-corrected chi connectivity index (χ0v) is 17.4. The smallest absolute Gasteiger partial charge is 0.253 e. The van der Waals surface area contributed by atoms with Crippen LogP contribution in [0.25, 0.3) is 0 Å². The van der Waals surface area contributed by atoms with E-state index < -0.39 is 0 Å². The molecule has 1 saturated heterocycles. The molecule has 146 valence electrons. The second-order valence-corrected chi connectivity index (χ2v) is 8.28. The van der Waals surface area contributed by atoms with Crippen molar-refractivity contribution in [3.8, 4) is 0 Å². The lowest BCUT2D eigenvalue weighted by Crippen LogP contribution is -2.44. The predicted octanol–water partition coefficient (Wildman–Crippen LogP) is 4.26. The van der Waals surface area contributed by atoms with Crippen LogP contribution in [0.5, 0.6) is 0 Å². The second-order valence-electron chi connectivity index (χ2n) is 8.28. The highest BCUT2D eigenvalue weighted by molar-refractivity contribution is 5.94. The van der Waals surface area contributed by atoms with E-state index in [1.165, 1.54) is 18.5 Å². The van der Waals surface area contributed by atoms with E-state index in [0.29, 0.717) is 0 Å². The fourth-order valence-corrected chi connectivity index (χ4v) is 3.61. The Bertz CT molecular complexity index is 562. The number of benzene rings is 1. The molecule has 0 N–H and O–H groups in total. The lowest BCUT2D eigenvalue weighted by molar-refractivity contribution is 0.0749. The number of carbonyl (C=O) groups is 1. The second kappa shape index (κ2) is 9.40. The molecule has 0 saturated carbocycles. The van der Waals surface area contributed by atoms with Crippen molar-refractivity contribution in [3.05, 3.63) is 29.8 Å². The summed E-state index contributed by atoms with van der Waals surface area (Å²) in [5.41, 5.74) is 2.19. The minimum Gasteiger partial charge on any atom is -0.372 e. The molecule has 1 aliphatic heterocycles. The first-order chi connectivity index (χ1) is 12.4. The lowest BCUT2D eigenvalue weighted by Gasteiger charge is -2.34. The first kappa shape index (κ1) is 20.8. The number of unbranched alkanes of at least 4 members (excludes halogenated alkanes) is 1. The Morgan fingerprint density at radius 1 is 1.04 bits per heavy atom. The van der Waals surface area contributed by atoms with E-state index in [2.05, 4.69) is 56.6 Å². The number of amides is 1. The summed E-state index contributed by atoms with van der Waals surface area (Å²) >= 11 is 0. The molecule has 1 amide bonds. The molecule has 4 nitrogen and oxygen atoms in total. The number of anilines is 1. The summed E-state index contributed by atoms with van der Waals surface area (Å²) in [5, 5.41) is 0. The van der Waals surface area contributed by atoms with Crippen molar-refractivity contribution < 1.29 is 4.79 Å². The first-order valence-corrected chi connectivity index (χ1v) is 10.3. The van der Waals surface area contributed by atoms with E-state index in [1.54, 1.807) is 0 Å². The number of hydrogen-bond acceptors (Lipinski definition) is 3. The van der Waals surface area contributed by atoms with Crippen molar-refractivity contribution in [2.75, 3.05) is 44.2 Å². The fourth-order valence-electron chi connectivity index (χ4n) is 3.61. The molecular weight excluding hydrogens is 322 g/mol.